The van der Waals surface area contributed by atoms with E-state index >= 15 is 0 Å². The van der Waals surface area contributed by atoms with Gasteiger partial charge in [0.25, 0.3) is 5.56 Å². The van der Waals surface area contributed by atoms with Crippen molar-refractivity contribution in [3.8, 4) is 0 Å². The van der Waals surface area contributed by atoms with Crippen molar-refractivity contribution < 1.29 is 4.79 Å². The van der Waals surface area contributed by atoms with E-state index in [9.17, 15) is 14.4 Å². The highest BCUT2D eigenvalue weighted by molar-refractivity contribution is 5.94. The zero-order valence-corrected chi connectivity index (χ0v) is 15.9. The SMILES string of the molecule is CCn1c(=O)c2c(nc(/C=C/c3cccc(C(C)=O)c3)n2C)n(CC)c1=O. The lowest BCUT2D eigenvalue weighted by Crippen LogP contribution is -2.39. The molecule has 1 aromatic carbocycles. The van der Waals surface area contributed by atoms with Gasteiger partial charge in [-0.1, -0.05) is 24.3 Å². The van der Waals surface area contributed by atoms with E-state index in [4.69, 9.17) is 0 Å². The van der Waals surface area contributed by atoms with Crippen LogP contribution in [0.1, 0.15) is 42.5 Å². The molecule has 0 aliphatic heterocycles. The summed E-state index contributed by atoms with van der Waals surface area (Å²) in [5.41, 5.74) is 1.59. The van der Waals surface area contributed by atoms with Gasteiger partial charge in [0, 0.05) is 25.7 Å². The van der Waals surface area contributed by atoms with E-state index in [0.29, 0.717) is 35.6 Å². The number of rotatable bonds is 5. The Balaban J connectivity index is 2.17. The minimum Gasteiger partial charge on any atom is -0.322 e. The number of hydrogen-bond acceptors (Lipinski definition) is 4. The molecule has 27 heavy (non-hydrogen) atoms. The van der Waals surface area contributed by atoms with Crippen molar-refractivity contribution in [1.29, 1.82) is 0 Å². The Bertz CT molecular complexity index is 1180. The molecule has 0 aliphatic carbocycles. The smallest absolute Gasteiger partial charge is 0.322 e. The summed E-state index contributed by atoms with van der Waals surface area (Å²) in [6.07, 6.45) is 3.61. The summed E-state index contributed by atoms with van der Waals surface area (Å²) in [5, 5.41) is 0. The summed E-state index contributed by atoms with van der Waals surface area (Å²) in [6.45, 7) is 5.88. The molecule has 0 aliphatic rings. The number of carbonyl (C=O) groups is 1. The average Bonchev–Trinajstić information content (AvgIpc) is 2.97. The lowest BCUT2D eigenvalue weighted by Gasteiger charge is -2.08. The van der Waals surface area contributed by atoms with Gasteiger partial charge in [-0.05, 0) is 38.5 Å². The van der Waals surface area contributed by atoms with Crippen LogP contribution in [0.5, 0.6) is 0 Å². The quantitative estimate of drug-likeness (QED) is 0.649. The first-order valence-electron chi connectivity index (χ1n) is 8.88. The molecular formula is C20H22N4O3. The van der Waals surface area contributed by atoms with Crippen molar-refractivity contribution in [2.24, 2.45) is 7.05 Å². The molecule has 0 saturated carbocycles. The second kappa shape index (κ2) is 7.19. The Morgan fingerprint density at radius 3 is 2.44 bits per heavy atom. The predicted octanol–water partition coefficient (Wildman–Crippen LogP) is 2.31. The molecule has 3 rings (SSSR count). The lowest BCUT2D eigenvalue weighted by molar-refractivity contribution is 0.101. The van der Waals surface area contributed by atoms with Crippen LogP contribution in [-0.2, 0) is 20.1 Å². The fourth-order valence-corrected chi connectivity index (χ4v) is 3.12. The highest BCUT2D eigenvalue weighted by Crippen LogP contribution is 2.14. The number of fused-ring (bicyclic) bond motifs is 1. The molecule has 0 bridgehead atoms. The van der Waals surface area contributed by atoms with Crippen molar-refractivity contribution in [1.82, 2.24) is 18.7 Å². The lowest BCUT2D eigenvalue weighted by atomic mass is 10.1. The summed E-state index contributed by atoms with van der Waals surface area (Å²) in [7, 11) is 1.76. The monoisotopic (exact) mass is 366 g/mol. The molecule has 140 valence electrons. The van der Waals surface area contributed by atoms with E-state index < -0.39 is 0 Å². The van der Waals surface area contributed by atoms with Crippen LogP contribution in [0.2, 0.25) is 0 Å². The number of aromatic nitrogens is 4. The first kappa shape index (κ1) is 18.6. The van der Waals surface area contributed by atoms with Crippen molar-refractivity contribution >= 4 is 29.1 Å². The van der Waals surface area contributed by atoms with E-state index in [2.05, 4.69) is 4.98 Å². The largest absolute Gasteiger partial charge is 0.332 e. The van der Waals surface area contributed by atoms with Crippen molar-refractivity contribution in [2.75, 3.05) is 0 Å². The van der Waals surface area contributed by atoms with Crippen LogP contribution in [0.4, 0.5) is 0 Å². The number of hydrogen-bond donors (Lipinski definition) is 0. The van der Waals surface area contributed by atoms with Crippen LogP contribution in [0, 0.1) is 0 Å². The molecule has 2 heterocycles. The first-order chi connectivity index (χ1) is 12.9. The molecule has 0 radical (unpaired) electrons. The minimum absolute atomic E-state index is 0.0000551. The van der Waals surface area contributed by atoms with E-state index in [1.807, 2.05) is 25.1 Å². The zero-order chi connectivity index (χ0) is 19.7. The van der Waals surface area contributed by atoms with Crippen LogP contribution in [0.25, 0.3) is 23.3 Å². The van der Waals surface area contributed by atoms with Gasteiger partial charge in [-0.25, -0.2) is 9.78 Å². The van der Waals surface area contributed by atoms with Gasteiger partial charge in [0.2, 0.25) is 0 Å². The van der Waals surface area contributed by atoms with Crippen LogP contribution in [0.15, 0.2) is 33.9 Å². The standard InChI is InChI=1S/C20H22N4O3/c1-5-23-18-17(19(26)24(6-2)20(23)27)22(4)16(21-18)11-10-14-8-7-9-15(12-14)13(3)25/h7-12H,5-6H2,1-4H3/b11-10+. The third kappa shape index (κ3) is 3.16. The predicted molar refractivity (Wildman–Crippen MR) is 106 cm³/mol. The third-order valence-electron chi connectivity index (χ3n) is 4.63. The van der Waals surface area contributed by atoms with Gasteiger partial charge < -0.3 is 4.57 Å². The summed E-state index contributed by atoms with van der Waals surface area (Å²) in [4.78, 5) is 41.2. The van der Waals surface area contributed by atoms with Gasteiger partial charge in [-0.15, -0.1) is 0 Å². The van der Waals surface area contributed by atoms with Crippen molar-refractivity contribution in [3.63, 3.8) is 0 Å². The normalized spacial score (nSPS) is 11.6. The molecule has 0 atom stereocenters. The van der Waals surface area contributed by atoms with Crippen LogP contribution in [-0.4, -0.2) is 24.5 Å². The summed E-state index contributed by atoms with van der Waals surface area (Å²) in [5.74, 6) is 0.561. The molecule has 7 heteroatoms. The topological polar surface area (TPSA) is 78.9 Å². The van der Waals surface area contributed by atoms with E-state index in [-0.39, 0.29) is 17.0 Å². The van der Waals surface area contributed by atoms with Gasteiger partial charge in [-0.2, -0.15) is 0 Å². The number of benzene rings is 1. The minimum atomic E-state index is -0.347. The van der Waals surface area contributed by atoms with E-state index in [0.717, 1.165) is 5.56 Å². The maximum Gasteiger partial charge on any atom is 0.332 e. The molecule has 2 aromatic heterocycles. The van der Waals surface area contributed by atoms with Crippen molar-refractivity contribution in [2.45, 2.75) is 33.9 Å². The van der Waals surface area contributed by atoms with Crippen molar-refractivity contribution in [3.05, 3.63) is 62.1 Å². The summed E-state index contributed by atoms with van der Waals surface area (Å²) < 4.78 is 4.42. The maximum absolute atomic E-state index is 12.7. The number of nitrogens with zero attached hydrogens (tertiary/aromatic N) is 4. The number of ketones is 1. The van der Waals surface area contributed by atoms with Gasteiger partial charge in [-0.3, -0.25) is 18.7 Å². The molecule has 0 saturated heterocycles. The zero-order valence-electron chi connectivity index (χ0n) is 15.9. The molecule has 0 unspecified atom stereocenters. The van der Waals surface area contributed by atoms with Crippen LogP contribution >= 0.6 is 0 Å². The molecule has 0 N–H and O–H groups in total. The van der Waals surface area contributed by atoms with Gasteiger partial charge in [0.1, 0.15) is 5.82 Å². The molecule has 0 fully saturated rings. The highest BCUT2D eigenvalue weighted by Gasteiger charge is 2.17. The van der Waals surface area contributed by atoms with Gasteiger partial charge >= 0.3 is 5.69 Å². The summed E-state index contributed by atoms with van der Waals surface area (Å²) in [6, 6.07) is 7.27. The molecular weight excluding hydrogens is 344 g/mol. The van der Waals surface area contributed by atoms with Crippen LogP contribution < -0.4 is 11.2 Å². The van der Waals surface area contributed by atoms with Gasteiger partial charge in [0.15, 0.2) is 16.9 Å². The number of carbonyl (C=O) groups excluding carboxylic acids is 1. The fraction of sp³-hybridized carbons (Fsp3) is 0.300. The highest BCUT2D eigenvalue weighted by atomic mass is 16.2. The number of aryl methyl sites for hydroxylation is 2. The summed E-state index contributed by atoms with van der Waals surface area (Å²) >= 11 is 0. The van der Waals surface area contributed by atoms with Gasteiger partial charge in [0.05, 0.1) is 0 Å². The Labute approximate surface area is 156 Å². The first-order valence-corrected chi connectivity index (χ1v) is 8.88. The Kier molecular flexibility index (Phi) is 4.94. The second-order valence-corrected chi connectivity index (χ2v) is 6.29. The fourth-order valence-electron chi connectivity index (χ4n) is 3.12. The van der Waals surface area contributed by atoms with E-state index in [1.54, 1.807) is 36.7 Å². The Hall–Kier alpha value is -3.22. The van der Waals surface area contributed by atoms with Crippen LogP contribution in [0.3, 0.4) is 0 Å². The molecule has 0 amide bonds. The third-order valence-corrected chi connectivity index (χ3v) is 4.63. The number of Topliss-reactive ketones (excluding diaryl/α,β-unsaturated/α-hetero) is 1. The maximum atomic E-state index is 12.7. The molecule has 0 spiro atoms. The molecule has 3 aromatic rings. The Morgan fingerprint density at radius 1 is 1.11 bits per heavy atom. The Morgan fingerprint density at radius 2 is 1.81 bits per heavy atom. The second-order valence-electron chi connectivity index (χ2n) is 6.29. The van der Waals surface area contributed by atoms with E-state index in [1.165, 1.54) is 16.1 Å². The molecule has 7 nitrogen and oxygen atoms in total. The number of imidazole rings is 1. The average molecular weight is 366 g/mol.